The molecular formula is C24H26N2O5S2. The van der Waals surface area contributed by atoms with Crippen molar-refractivity contribution in [1.29, 1.82) is 0 Å². The number of morpholine rings is 1. The molecule has 4 rings (SSSR count). The Morgan fingerprint density at radius 2 is 1.55 bits per heavy atom. The van der Waals surface area contributed by atoms with Gasteiger partial charge < -0.3 is 9.64 Å². The van der Waals surface area contributed by atoms with Crippen molar-refractivity contribution in [3.63, 3.8) is 0 Å². The van der Waals surface area contributed by atoms with E-state index in [1.807, 2.05) is 18.7 Å². The summed E-state index contributed by atoms with van der Waals surface area (Å²) in [4.78, 5) is 5.46. The van der Waals surface area contributed by atoms with Crippen LogP contribution in [0.15, 0.2) is 86.6 Å². The molecule has 33 heavy (non-hydrogen) atoms. The summed E-state index contributed by atoms with van der Waals surface area (Å²) in [6, 6.07) is 15.6. The molecule has 0 aliphatic carbocycles. The van der Waals surface area contributed by atoms with Crippen molar-refractivity contribution in [2.45, 2.75) is 39.5 Å². The van der Waals surface area contributed by atoms with Gasteiger partial charge in [-0.3, -0.25) is 0 Å². The van der Waals surface area contributed by atoms with Crippen LogP contribution in [-0.4, -0.2) is 48.1 Å². The van der Waals surface area contributed by atoms with Gasteiger partial charge in [-0.05, 0) is 53.9 Å². The Morgan fingerprint density at radius 1 is 0.848 bits per heavy atom. The highest BCUT2D eigenvalue weighted by molar-refractivity contribution is 7.94. The Hall–Kier alpha value is -2.75. The SMILES string of the molecule is CC(C)c1ccc(S(=O)(=O)c2ccc(N3CCOCC3)cc2S(=O)(=O)c2ccccn2)cc1. The first-order valence-corrected chi connectivity index (χ1v) is 13.7. The van der Waals surface area contributed by atoms with E-state index in [0.29, 0.717) is 32.0 Å². The molecule has 1 fully saturated rings. The molecule has 1 aromatic heterocycles. The third-order valence-electron chi connectivity index (χ3n) is 5.65. The Morgan fingerprint density at radius 3 is 2.15 bits per heavy atom. The summed E-state index contributed by atoms with van der Waals surface area (Å²) >= 11 is 0. The van der Waals surface area contributed by atoms with Gasteiger partial charge in [0, 0.05) is 25.0 Å². The van der Waals surface area contributed by atoms with Gasteiger partial charge in [-0.15, -0.1) is 0 Å². The fourth-order valence-electron chi connectivity index (χ4n) is 3.72. The second-order valence-corrected chi connectivity index (χ2v) is 11.9. The van der Waals surface area contributed by atoms with Gasteiger partial charge in [-0.2, -0.15) is 0 Å². The highest BCUT2D eigenvalue weighted by Gasteiger charge is 2.31. The largest absolute Gasteiger partial charge is 0.378 e. The Labute approximate surface area is 194 Å². The molecule has 174 valence electrons. The maximum absolute atomic E-state index is 13.6. The summed E-state index contributed by atoms with van der Waals surface area (Å²) < 4.78 is 59.6. The minimum atomic E-state index is -4.19. The maximum atomic E-state index is 13.6. The van der Waals surface area contributed by atoms with Crippen molar-refractivity contribution < 1.29 is 21.6 Å². The van der Waals surface area contributed by atoms with Gasteiger partial charge in [-0.1, -0.05) is 32.0 Å². The molecule has 1 saturated heterocycles. The number of sulfone groups is 2. The van der Waals surface area contributed by atoms with E-state index in [4.69, 9.17) is 4.74 Å². The number of ether oxygens (including phenoxy) is 1. The summed E-state index contributed by atoms with van der Waals surface area (Å²) in [5.41, 5.74) is 1.62. The first-order valence-electron chi connectivity index (χ1n) is 10.7. The van der Waals surface area contributed by atoms with E-state index in [-0.39, 0.29) is 25.6 Å². The topological polar surface area (TPSA) is 93.6 Å². The van der Waals surface area contributed by atoms with E-state index in [9.17, 15) is 16.8 Å². The van der Waals surface area contributed by atoms with Crippen LogP contribution in [-0.2, 0) is 24.4 Å². The highest BCUT2D eigenvalue weighted by Crippen LogP contribution is 2.34. The number of anilines is 1. The molecule has 0 spiro atoms. The maximum Gasteiger partial charge on any atom is 0.225 e. The number of rotatable bonds is 6. The van der Waals surface area contributed by atoms with Crippen LogP contribution < -0.4 is 4.90 Å². The Bertz CT molecular complexity index is 1330. The smallest absolute Gasteiger partial charge is 0.225 e. The minimum absolute atomic E-state index is 0.0449. The Balaban J connectivity index is 1.88. The standard InChI is InChI=1S/C24H26N2O5S2/c1-18(2)19-6-9-21(10-7-19)32(27,28)22-11-8-20(26-13-15-31-16-14-26)17-23(22)33(29,30)24-5-3-4-12-25-24/h3-12,17-18H,13-16H2,1-2H3. The van der Waals surface area contributed by atoms with E-state index in [2.05, 4.69) is 4.98 Å². The Kier molecular flexibility index (Phi) is 6.56. The summed E-state index contributed by atoms with van der Waals surface area (Å²) in [6.07, 6.45) is 1.37. The number of hydrogen-bond acceptors (Lipinski definition) is 7. The molecule has 0 atom stereocenters. The van der Waals surface area contributed by atoms with Crippen molar-refractivity contribution in [2.75, 3.05) is 31.2 Å². The van der Waals surface area contributed by atoms with Gasteiger partial charge in [0.05, 0.1) is 27.9 Å². The van der Waals surface area contributed by atoms with Gasteiger partial charge in [0.25, 0.3) is 0 Å². The van der Waals surface area contributed by atoms with Crippen LogP contribution in [0.4, 0.5) is 5.69 Å². The molecule has 7 nitrogen and oxygen atoms in total. The van der Waals surface area contributed by atoms with Crippen molar-refractivity contribution in [1.82, 2.24) is 4.98 Å². The lowest BCUT2D eigenvalue weighted by atomic mass is 10.0. The molecule has 0 radical (unpaired) electrons. The van der Waals surface area contributed by atoms with E-state index in [0.717, 1.165) is 5.56 Å². The van der Waals surface area contributed by atoms with Crippen LogP contribution in [0.3, 0.4) is 0 Å². The van der Waals surface area contributed by atoms with E-state index in [1.165, 1.54) is 36.5 Å². The molecule has 0 bridgehead atoms. The average Bonchev–Trinajstić information content (AvgIpc) is 2.84. The van der Waals surface area contributed by atoms with Gasteiger partial charge in [0.15, 0.2) is 5.03 Å². The zero-order chi connectivity index (χ0) is 23.6. The minimum Gasteiger partial charge on any atom is -0.378 e. The third kappa shape index (κ3) is 4.66. The number of nitrogens with zero attached hydrogens (tertiary/aromatic N) is 2. The van der Waals surface area contributed by atoms with E-state index >= 15 is 0 Å². The molecule has 0 saturated carbocycles. The third-order valence-corrected chi connectivity index (χ3v) is 9.32. The fraction of sp³-hybridized carbons (Fsp3) is 0.292. The first-order chi connectivity index (χ1) is 15.7. The normalized spacial score (nSPS) is 15.1. The molecule has 1 aliphatic rings. The predicted octanol–water partition coefficient (Wildman–Crippen LogP) is 3.71. The van der Waals surface area contributed by atoms with Crippen LogP contribution in [0.1, 0.15) is 25.3 Å². The first kappa shape index (κ1) is 23.4. The monoisotopic (exact) mass is 486 g/mol. The number of pyridine rings is 1. The van der Waals surface area contributed by atoms with Crippen LogP contribution in [0.5, 0.6) is 0 Å². The zero-order valence-corrected chi connectivity index (χ0v) is 20.1. The number of hydrogen-bond donors (Lipinski definition) is 0. The highest BCUT2D eigenvalue weighted by atomic mass is 32.2. The molecule has 0 amide bonds. The van der Waals surface area contributed by atoms with Crippen LogP contribution in [0.2, 0.25) is 0 Å². The van der Waals surface area contributed by atoms with Crippen LogP contribution in [0, 0.1) is 0 Å². The summed E-state index contributed by atoms with van der Waals surface area (Å²) in [6.45, 7) is 6.25. The van der Waals surface area contributed by atoms with E-state index < -0.39 is 19.7 Å². The second kappa shape index (κ2) is 9.24. The van der Waals surface area contributed by atoms with Gasteiger partial charge in [-0.25, -0.2) is 21.8 Å². The predicted molar refractivity (Wildman–Crippen MR) is 125 cm³/mol. The molecule has 3 aromatic rings. The lowest BCUT2D eigenvalue weighted by molar-refractivity contribution is 0.122. The van der Waals surface area contributed by atoms with Gasteiger partial charge in [0.1, 0.15) is 0 Å². The molecule has 9 heteroatoms. The fourth-order valence-corrected chi connectivity index (χ4v) is 6.99. The van der Waals surface area contributed by atoms with Crippen molar-refractivity contribution >= 4 is 25.4 Å². The molecule has 1 aliphatic heterocycles. The number of benzene rings is 2. The molecular weight excluding hydrogens is 460 g/mol. The van der Waals surface area contributed by atoms with Crippen LogP contribution in [0.25, 0.3) is 0 Å². The molecule has 0 N–H and O–H groups in total. The molecule has 0 unspecified atom stereocenters. The average molecular weight is 487 g/mol. The zero-order valence-electron chi connectivity index (χ0n) is 18.5. The lowest BCUT2D eigenvalue weighted by Gasteiger charge is -2.29. The summed E-state index contributed by atoms with van der Waals surface area (Å²) in [5, 5.41) is -0.198. The van der Waals surface area contributed by atoms with Gasteiger partial charge >= 0.3 is 0 Å². The summed E-state index contributed by atoms with van der Waals surface area (Å²) in [5.74, 6) is 0.245. The van der Waals surface area contributed by atoms with Crippen molar-refractivity contribution in [3.05, 3.63) is 72.4 Å². The van der Waals surface area contributed by atoms with E-state index in [1.54, 1.807) is 30.3 Å². The van der Waals surface area contributed by atoms with Crippen molar-refractivity contribution in [3.8, 4) is 0 Å². The second-order valence-electron chi connectivity index (χ2n) is 8.13. The van der Waals surface area contributed by atoms with Gasteiger partial charge in [0.2, 0.25) is 19.7 Å². The van der Waals surface area contributed by atoms with Crippen LogP contribution >= 0.6 is 0 Å². The molecule has 2 aromatic carbocycles. The number of aromatic nitrogens is 1. The molecule has 2 heterocycles. The summed E-state index contributed by atoms with van der Waals surface area (Å²) in [7, 11) is -8.29. The van der Waals surface area contributed by atoms with Crippen molar-refractivity contribution in [2.24, 2.45) is 0 Å². The lowest BCUT2D eigenvalue weighted by Crippen LogP contribution is -2.36. The quantitative estimate of drug-likeness (QED) is 0.524.